The Balaban J connectivity index is 1.84. The lowest BCUT2D eigenvalue weighted by Crippen LogP contribution is -2.68. The molecule has 0 aromatic heterocycles. The molecular formula is C14H24N2O4. The molecule has 0 saturated heterocycles. The van der Waals surface area contributed by atoms with E-state index in [1.165, 1.54) is 11.3 Å². The number of carboxylic acids is 1. The van der Waals surface area contributed by atoms with Crippen molar-refractivity contribution in [2.75, 3.05) is 20.7 Å². The minimum Gasteiger partial charge on any atom is -0.481 e. The van der Waals surface area contributed by atoms with Crippen LogP contribution in [-0.4, -0.2) is 54.9 Å². The molecule has 0 aliphatic heterocycles. The van der Waals surface area contributed by atoms with Gasteiger partial charge in [0, 0.05) is 32.2 Å². The maximum absolute atomic E-state index is 12.1. The number of carboxylic acid groups (broad SMARTS) is 1. The van der Waals surface area contributed by atoms with E-state index in [0.29, 0.717) is 0 Å². The molecule has 2 fully saturated rings. The first-order valence-electron chi connectivity index (χ1n) is 7.18. The van der Waals surface area contributed by atoms with Gasteiger partial charge in [-0.2, -0.15) is 0 Å². The van der Waals surface area contributed by atoms with Gasteiger partial charge in [-0.05, 0) is 19.3 Å². The molecule has 2 saturated carbocycles. The molecule has 6 heteroatoms. The predicted molar refractivity (Wildman–Crippen MR) is 73.4 cm³/mol. The third kappa shape index (κ3) is 2.49. The van der Waals surface area contributed by atoms with E-state index < -0.39 is 11.9 Å². The molecule has 6 nitrogen and oxygen atoms in total. The van der Waals surface area contributed by atoms with E-state index in [-0.39, 0.29) is 30.1 Å². The van der Waals surface area contributed by atoms with Crippen LogP contribution in [0.4, 0.5) is 4.79 Å². The SMILES string of the molecule is COC1CC(NC(=O)N(C)CC(C)C(=O)O)C12CCC2. The second-order valence-electron chi connectivity index (χ2n) is 6.17. The number of rotatable bonds is 5. The molecule has 1 spiro atoms. The second kappa shape index (κ2) is 5.60. The van der Waals surface area contributed by atoms with Gasteiger partial charge in [-0.3, -0.25) is 4.79 Å². The van der Waals surface area contributed by atoms with Crippen LogP contribution in [0.3, 0.4) is 0 Å². The molecule has 2 N–H and O–H groups in total. The van der Waals surface area contributed by atoms with Gasteiger partial charge in [0.1, 0.15) is 0 Å². The first kappa shape index (κ1) is 15.1. The van der Waals surface area contributed by atoms with Crippen molar-refractivity contribution < 1.29 is 19.4 Å². The van der Waals surface area contributed by atoms with Crippen molar-refractivity contribution in [2.24, 2.45) is 11.3 Å². The highest BCUT2D eigenvalue weighted by atomic mass is 16.5. The Morgan fingerprint density at radius 2 is 2.15 bits per heavy atom. The normalized spacial score (nSPS) is 28.1. The van der Waals surface area contributed by atoms with Crippen molar-refractivity contribution in [1.82, 2.24) is 10.2 Å². The summed E-state index contributed by atoms with van der Waals surface area (Å²) in [6.45, 7) is 1.82. The molecule has 0 radical (unpaired) electrons. The smallest absolute Gasteiger partial charge is 0.317 e. The van der Waals surface area contributed by atoms with Crippen molar-refractivity contribution in [3.63, 3.8) is 0 Å². The van der Waals surface area contributed by atoms with Gasteiger partial charge in [-0.1, -0.05) is 13.3 Å². The zero-order valence-electron chi connectivity index (χ0n) is 12.4. The molecule has 0 aromatic carbocycles. The fourth-order valence-electron chi connectivity index (χ4n) is 3.37. The number of amides is 2. The third-order valence-corrected chi connectivity index (χ3v) is 4.97. The summed E-state index contributed by atoms with van der Waals surface area (Å²) in [6.07, 6.45) is 4.50. The highest BCUT2D eigenvalue weighted by molar-refractivity contribution is 5.76. The first-order valence-corrected chi connectivity index (χ1v) is 7.18. The highest BCUT2D eigenvalue weighted by Crippen LogP contribution is 2.57. The van der Waals surface area contributed by atoms with Crippen LogP contribution in [0.15, 0.2) is 0 Å². The van der Waals surface area contributed by atoms with Crippen LogP contribution in [-0.2, 0) is 9.53 Å². The van der Waals surface area contributed by atoms with Gasteiger partial charge in [0.2, 0.25) is 0 Å². The van der Waals surface area contributed by atoms with Crippen LogP contribution in [0.5, 0.6) is 0 Å². The molecule has 2 aliphatic carbocycles. The molecular weight excluding hydrogens is 260 g/mol. The number of aliphatic carboxylic acids is 1. The van der Waals surface area contributed by atoms with E-state index in [2.05, 4.69) is 5.32 Å². The van der Waals surface area contributed by atoms with Crippen LogP contribution in [0.25, 0.3) is 0 Å². The molecule has 3 unspecified atom stereocenters. The number of nitrogens with one attached hydrogen (secondary N) is 1. The van der Waals surface area contributed by atoms with Gasteiger partial charge in [-0.25, -0.2) is 4.79 Å². The lowest BCUT2D eigenvalue weighted by atomic mass is 9.51. The van der Waals surface area contributed by atoms with E-state index in [1.807, 2.05) is 0 Å². The molecule has 0 bridgehead atoms. The number of urea groups is 1. The fraction of sp³-hybridized carbons (Fsp3) is 0.857. The number of ether oxygens (including phenoxy) is 1. The Morgan fingerprint density at radius 3 is 2.60 bits per heavy atom. The van der Waals surface area contributed by atoms with Crippen molar-refractivity contribution in [1.29, 1.82) is 0 Å². The minimum absolute atomic E-state index is 0.129. The lowest BCUT2D eigenvalue weighted by Gasteiger charge is -2.60. The molecule has 0 heterocycles. The summed E-state index contributed by atoms with van der Waals surface area (Å²) in [7, 11) is 3.36. The number of carbonyl (C=O) groups excluding carboxylic acids is 1. The van der Waals surface area contributed by atoms with Crippen LogP contribution in [0, 0.1) is 11.3 Å². The summed E-state index contributed by atoms with van der Waals surface area (Å²) in [5.74, 6) is -1.44. The zero-order valence-corrected chi connectivity index (χ0v) is 12.4. The largest absolute Gasteiger partial charge is 0.481 e. The van der Waals surface area contributed by atoms with E-state index >= 15 is 0 Å². The maximum Gasteiger partial charge on any atom is 0.317 e. The lowest BCUT2D eigenvalue weighted by molar-refractivity contribution is -0.158. The first-order chi connectivity index (χ1) is 9.40. The Labute approximate surface area is 119 Å². The predicted octanol–water partition coefficient (Wildman–Crippen LogP) is 1.31. The van der Waals surface area contributed by atoms with Gasteiger partial charge in [-0.15, -0.1) is 0 Å². The van der Waals surface area contributed by atoms with Gasteiger partial charge in [0.15, 0.2) is 0 Å². The van der Waals surface area contributed by atoms with Gasteiger partial charge >= 0.3 is 12.0 Å². The summed E-state index contributed by atoms with van der Waals surface area (Å²) >= 11 is 0. The Kier molecular flexibility index (Phi) is 4.22. The Hall–Kier alpha value is -1.30. The summed E-state index contributed by atoms with van der Waals surface area (Å²) < 4.78 is 5.47. The molecule has 2 aliphatic rings. The van der Waals surface area contributed by atoms with E-state index in [9.17, 15) is 9.59 Å². The van der Waals surface area contributed by atoms with Crippen LogP contribution < -0.4 is 5.32 Å². The molecule has 114 valence electrons. The topological polar surface area (TPSA) is 78.9 Å². The number of carbonyl (C=O) groups is 2. The summed E-state index contributed by atoms with van der Waals surface area (Å²) in [5.41, 5.74) is 0.129. The van der Waals surface area contributed by atoms with Crippen molar-refractivity contribution in [3.8, 4) is 0 Å². The molecule has 0 aromatic rings. The van der Waals surface area contributed by atoms with Gasteiger partial charge < -0.3 is 20.1 Å². The molecule has 2 rings (SSSR count). The average molecular weight is 284 g/mol. The van der Waals surface area contributed by atoms with Crippen LogP contribution in [0.2, 0.25) is 0 Å². The summed E-state index contributed by atoms with van der Waals surface area (Å²) in [6, 6.07) is -0.0276. The fourth-order valence-corrected chi connectivity index (χ4v) is 3.37. The second-order valence-corrected chi connectivity index (χ2v) is 6.17. The van der Waals surface area contributed by atoms with Crippen molar-refractivity contribution in [3.05, 3.63) is 0 Å². The van der Waals surface area contributed by atoms with Crippen LogP contribution >= 0.6 is 0 Å². The van der Waals surface area contributed by atoms with E-state index in [0.717, 1.165) is 19.3 Å². The number of hydrogen-bond donors (Lipinski definition) is 2. The Bertz CT molecular complexity index is 395. The molecule has 2 amide bonds. The maximum atomic E-state index is 12.1. The third-order valence-electron chi connectivity index (χ3n) is 4.97. The quantitative estimate of drug-likeness (QED) is 0.797. The van der Waals surface area contributed by atoms with E-state index in [1.54, 1.807) is 21.1 Å². The van der Waals surface area contributed by atoms with Crippen LogP contribution in [0.1, 0.15) is 32.6 Å². The molecule has 20 heavy (non-hydrogen) atoms. The number of nitrogens with zero attached hydrogens (tertiary/aromatic N) is 1. The van der Waals surface area contributed by atoms with Crippen molar-refractivity contribution in [2.45, 2.75) is 44.8 Å². The number of methoxy groups -OCH3 is 1. The Morgan fingerprint density at radius 1 is 1.50 bits per heavy atom. The van der Waals surface area contributed by atoms with Gasteiger partial charge in [0.05, 0.1) is 12.0 Å². The summed E-state index contributed by atoms with van der Waals surface area (Å²) in [5, 5.41) is 11.9. The van der Waals surface area contributed by atoms with Gasteiger partial charge in [0.25, 0.3) is 0 Å². The summed E-state index contributed by atoms with van der Waals surface area (Å²) in [4.78, 5) is 24.4. The minimum atomic E-state index is -0.886. The monoisotopic (exact) mass is 284 g/mol. The standard InChI is InChI=1S/C14H24N2O4/c1-9(12(17)18)8-16(2)13(19)15-10-7-11(20-3)14(10)5-4-6-14/h9-11H,4-8H2,1-3H3,(H,15,19)(H,17,18). The average Bonchev–Trinajstić information content (AvgIpc) is 2.31. The van der Waals surface area contributed by atoms with E-state index in [4.69, 9.17) is 9.84 Å². The highest BCUT2D eigenvalue weighted by Gasteiger charge is 2.59. The number of hydrogen-bond acceptors (Lipinski definition) is 3. The molecule has 3 atom stereocenters. The zero-order chi connectivity index (χ0) is 14.9. The van der Waals surface area contributed by atoms with Crippen molar-refractivity contribution >= 4 is 12.0 Å².